The van der Waals surface area contributed by atoms with Crippen LogP contribution in [0.3, 0.4) is 0 Å². The van der Waals surface area contributed by atoms with Crippen LogP contribution in [0.5, 0.6) is 0 Å². The Hall–Kier alpha value is -1.65. The van der Waals surface area contributed by atoms with Crippen LogP contribution in [-0.2, 0) is 43.1 Å². The highest BCUT2D eigenvalue weighted by atomic mass is 32.3. The van der Waals surface area contributed by atoms with Crippen molar-refractivity contribution in [3.63, 3.8) is 0 Å². The van der Waals surface area contributed by atoms with Crippen molar-refractivity contribution in [3.8, 4) is 0 Å². The third kappa shape index (κ3) is 30.1. The fraction of sp³-hybridized carbons (Fsp3) is 0.907. The fourth-order valence-electron chi connectivity index (χ4n) is 6.79. The summed E-state index contributed by atoms with van der Waals surface area (Å²) < 4.78 is 57.3. The number of ether oxygens (including phenoxy) is 4. The average molecular weight is 837 g/mol. The summed E-state index contributed by atoms with van der Waals surface area (Å²) in [6.07, 6.45) is 25.6. The molecule has 0 aromatic carbocycles. The van der Waals surface area contributed by atoms with Crippen LogP contribution in [0.15, 0.2) is 12.2 Å². The Bertz CT molecular complexity index is 1120. The number of aliphatic hydroxyl groups excluding tert-OH is 3. The van der Waals surface area contributed by atoms with Crippen molar-refractivity contribution >= 4 is 22.3 Å². The van der Waals surface area contributed by atoms with Crippen LogP contribution in [0.1, 0.15) is 194 Å². The van der Waals surface area contributed by atoms with Gasteiger partial charge in [0.1, 0.15) is 31.0 Å². The van der Waals surface area contributed by atoms with E-state index in [-0.39, 0.29) is 19.4 Å². The monoisotopic (exact) mass is 837 g/mol. The fourth-order valence-corrected chi connectivity index (χ4v) is 7.10. The highest BCUT2D eigenvalue weighted by Gasteiger charge is 2.45. The van der Waals surface area contributed by atoms with E-state index in [0.29, 0.717) is 12.8 Å². The first-order chi connectivity index (χ1) is 27.5. The summed E-state index contributed by atoms with van der Waals surface area (Å²) >= 11 is 0. The van der Waals surface area contributed by atoms with Crippen molar-refractivity contribution in [1.82, 2.24) is 0 Å². The van der Waals surface area contributed by atoms with Gasteiger partial charge in [0.05, 0.1) is 13.2 Å². The van der Waals surface area contributed by atoms with Crippen LogP contribution in [-0.4, -0.2) is 96.9 Å². The molecular formula is C43H80O13S. The van der Waals surface area contributed by atoms with E-state index < -0.39 is 72.4 Å². The van der Waals surface area contributed by atoms with E-state index in [1.54, 1.807) is 0 Å². The van der Waals surface area contributed by atoms with Gasteiger partial charge in [-0.2, -0.15) is 8.42 Å². The van der Waals surface area contributed by atoms with Crippen LogP contribution < -0.4 is 0 Å². The topological polar surface area (TPSA) is 195 Å². The molecule has 13 nitrogen and oxygen atoms in total. The molecular weight excluding hydrogens is 757 g/mol. The molecule has 0 spiro atoms. The summed E-state index contributed by atoms with van der Waals surface area (Å²) in [6, 6.07) is 0. The number of aliphatic hydroxyl groups is 3. The van der Waals surface area contributed by atoms with E-state index in [1.807, 2.05) is 0 Å². The number of allylic oxidation sites excluding steroid dienone is 2. The highest BCUT2D eigenvalue weighted by Crippen LogP contribution is 2.23. The molecule has 336 valence electrons. The molecule has 0 aromatic rings. The first-order valence-corrected chi connectivity index (χ1v) is 23.8. The first-order valence-electron chi connectivity index (χ1n) is 22.4. The van der Waals surface area contributed by atoms with Gasteiger partial charge in [0.2, 0.25) is 0 Å². The number of rotatable bonds is 38. The van der Waals surface area contributed by atoms with Gasteiger partial charge in [0.25, 0.3) is 0 Å². The van der Waals surface area contributed by atoms with E-state index >= 15 is 0 Å². The summed E-state index contributed by atoms with van der Waals surface area (Å²) in [5.41, 5.74) is 0. The van der Waals surface area contributed by atoms with Gasteiger partial charge in [-0.3, -0.25) is 14.1 Å². The molecule has 6 atom stereocenters. The molecule has 14 heteroatoms. The molecule has 1 rings (SSSR count). The second-order valence-electron chi connectivity index (χ2n) is 15.7. The lowest BCUT2D eigenvalue weighted by Gasteiger charge is -2.40. The number of esters is 2. The van der Waals surface area contributed by atoms with Crippen LogP contribution >= 0.6 is 0 Å². The number of carbonyl (C=O) groups excluding carboxylic acids is 2. The molecule has 1 aliphatic heterocycles. The van der Waals surface area contributed by atoms with E-state index in [9.17, 15) is 33.3 Å². The van der Waals surface area contributed by atoms with E-state index in [4.69, 9.17) is 23.5 Å². The van der Waals surface area contributed by atoms with Crippen molar-refractivity contribution in [3.05, 3.63) is 12.2 Å². The molecule has 0 aromatic heterocycles. The normalized spacial score (nSPS) is 20.6. The molecule has 6 unspecified atom stereocenters. The lowest BCUT2D eigenvalue weighted by atomic mass is 9.99. The van der Waals surface area contributed by atoms with Gasteiger partial charge in [-0.05, 0) is 38.5 Å². The Balaban J connectivity index is 2.48. The minimum absolute atomic E-state index is 0.157. The predicted octanol–water partition coefficient (Wildman–Crippen LogP) is 8.60. The average Bonchev–Trinajstić information content (AvgIpc) is 3.18. The molecule has 0 amide bonds. The van der Waals surface area contributed by atoms with Gasteiger partial charge < -0.3 is 34.3 Å². The summed E-state index contributed by atoms with van der Waals surface area (Å²) in [7, 11) is -4.88. The Kier molecular flexibility index (Phi) is 32.9. The van der Waals surface area contributed by atoms with Crippen LogP contribution in [0, 0.1) is 0 Å². The lowest BCUT2D eigenvalue weighted by molar-refractivity contribution is -0.304. The van der Waals surface area contributed by atoms with Crippen LogP contribution in [0.25, 0.3) is 0 Å². The number of hydrogen-bond donors (Lipinski definition) is 4. The number of unbranched alkanes of at least 4 members (excludes halogenated alkanes) is 23. The van der Waals surface area contributed by atoms with Crippen molar-refractivity contribution in [2.24, 2.45) is 0 Å². The zero-order chi connectivity index (χ0) is 42.0. The third-order valence-electron chi connectivity index (χ3n) is 10.4. The quantitative estimate of drug-likeness (QED) is 0.0200. The minimum atomic E-state index is -4.88. The summed E-state index contributed by atoms with van der Waals surface area (Å²) in [6.45, 7) is 2.89. The summed E-state index contributed by atoms with van der Waals surface area (Å²) in [5.74, 6) is -0.944. The highest BCUT2D eigenvalue weighted by molar-refractivity contribution is 7.80. The molecule has 1 aliphatic rings. The molecule has 0 saturated carbocycles. The largest absolute Gasteiger partial charge is 0.462 e. The standard InChI is InChI=1S/C43H80O13S/c1-3-5-7-9-11-13-15-17-18-20-22-24-26-28-30-32-39(45)55-36(34-53-43-42(48)41(47)40(46)37(56-43)35-54-57(49,50)51)33-52-38(44)31-29-27-25-23-21-19-16-14-12-10-8-6-4-2/h17-18,36-37,40-43,46-48H,3-16,19-35H2,1-2H3,(H,49,50,51). The maximum atomic E-state index is 12.8. The smallest absolute Gasteiger partial charge is 0.397 e. The number of carbonyl (C=O) groups is 2. The zero-order valence-electron chi connectivity index (χ0n) is 35.4. The summed E-state index contributed by atoms with van der Waals surface area (Å²) in [4.78, 5) is 25.4. The van der Waals surface area contributed by atoms with E-state index in [2.05, 4.69) is 30.2 Å². The Morgan fingerprint density at radius 3 is 1.51 bits per heavy atom. The van der Waals surface area contributed by atoms with E-state index in [1.165, 1.54) is 96.3 Å². The third-order valence-corrected chi connectivity index (χ3v) is 10.8. The second-order valence-corrected chi connectivity index (χ2v) is 16.8. The molecule has 0 radical (unpaired) electrons. The molecule has 57 heavy (non-hydrogen) atoms. The Labute approximate surface area is 344 Å². The number of hydrogen-bond acceptors (Lipinski definition) is 12. The maximum Gasteiger partial charge on any atom is 0.397 e. The predicted molar refractivity (Wildman–Crippen MR) is 221 cm³/mol. The molecule has 1 heterocycles. The van der Waals surface area contributed by atoms with Gasteiger partial charge in [-0.15, -0.1) is 0 Å². The Morgan fingerprint density at radius 2 is 1.04 bits per heavy atom. The molecule has 4 N–H and O–H groups in total. The zero-order valence-corrected chi connectivity index (χ0v) is 36.2. The first kappa shape index (κ1) is 53.4. The van der Waals surface area contributed by atoms with Crippen LogP contribution in [0.2, 0.25) is 0 Å². The SMILES string of the molecule is CCCCCCCCC=CCCCCCCCC(=O)OC(COC(=O)CCCCCCCCCCCCCCC)COC1OC(COS(=O)(=O)O)C(O)C(O)C1O. The Morgan fingerprint density at radius 1 is 0.596 bits per heavy atom. The van der Waals surface area contributed by atoms with Crippen molar-refractivity contribution < 1.29 is 61.0 Å². The van der Waals surface area contributed by atoms with Crippen molar-refractivity contribution in [2.75, 3.05) is 19.8 Å². The van der Waals surface area contributed by atoms with Gasteiger partial charge in [-0.1, -0.05) is 154 Å². The maximum absolute atomic E-state index is 12.8. The molecule has 1 saturated heterocycles. The minimum Gasteiger partial charge on any atom is -0.462 e. The second kappa shape index (κ2) is 35.1. The van der Waals surface area contributed by atoms with Crippen molar-refractivity contribution in [1.29, 1.82) is 0 Å². The lowest BCUT2D eigenvalue weighted by Crippen LogP contribution is -2.59. The van der Waals surface area contributed by atoms with Gasteiger partial charge in [0.15, 0.2) is 12.4 Å². The molecule has 0 bridgehead atoms. The van der Waals surface area contributed by atoms with Gasteiger partial charge in [0, 0.05) is 12.8 Å². The molecule has 1 fully saturated rings. The van der Waals surface area contributed by atoms with Crippen LogP contribution in [0.4, 0.5) is 0 Å². The van der Waals surface area contributed by atoms with Crippen molar-refractivity contribution in [2.45, 2.75) is 230 Å². The van der Waals surface area contributed by atoms with E-state index in [0.717, 1.165) is 57.8 Å². The van der Waals surface area contributed by atoms with Gasteiger partial charge in [-0.25, -0.2) is 4.18 Å². The van der Waals surface area contributed by atoms with Gasteiger partial charge >= 0.3 is 22.3 Å². The summed E-state index contributed by atoms with van der Waals surface area (Å²) in [5, 5.41) is 31.0. The molecule has 0 aliphatic carbocycles.